The van der Waals surface area contributed by atoms with Gasteiger partial charge in [-0.15, -0.1) is 0 Å². The fraction of sp³-hybridized carbons (Fsp3) is 0.0526. The minimum atomic E-state index is 0.459. The van der Waals surface area contributed by atoms with E-state index in [2.05, 4.69) is 91.1 Å². The second kappa shape index (κ2) is 5.53. The highest BCUT2D eigenvalue weighted by Crippen LogP contribution is 2.16. The molecule has 0 atom stereocenters. The number of hydrogen-bond donors (Lipinski definition) is 0. The molecule has 0 nitrogen and oxygen atoms in total. The zero-order valence-electron chi connectivity index (χ0n) is 10.7. The normalized spacial score (nSPS) is 15.4. The SMILES string of the molecule is C1=CC(/C=C/C=C/c2ccc3ccccc3c2)C=C1. The molecule has 92 valence electrons. The van der Waals surface area contributed by atoms with Gasteiger partial charge in [0.2, 0.25) is 0 Å². The van der Waals surface area contributed by atoms with Crippen molar-refractivity contribution in [3.05, 3.63) is 90.6 Å². The molecule has 0 aliphatic heterocycles. The highest BCUT2D eigenvalue weighted by molar-refractivity contribution is 5.84. The highest BCUT2D eigenvalue weighted by atomic mass is 14.0. The second-order valence-electron chi connectivity index (χ2n) is 4.70. The lowest BCUT2D eigenvalue weighted by Crippen LogP contribution is -1.79. The summed E-state index contributed by atoms with van der Waals surface area (Å²) < 4.78 is 0. The molecule has 0 spiro atoms. The topological polar surface area (TPSA) is 0 Å². The van der Waals surface area contributed by atoms with Crippen LogP contribution in [0.15, 0.2) is 85.0 Å². The van der Waals surface area contributed by atoms with Crippen molar-refractivity contribution >= 4 is 16.8 Å². The van der Waals surface area contributed by atoms with Gasteiger partial charge in [0.05, 0.1) is 0 Å². The average molecular weight is 244 g/mol. The van der Waals surface area contributed by atoms with E-state index in [4.69, 9.17) is 0 Å². The molecule has 1 aliphatic rings. The molecule has 0 bridgehead atoms. The molecular formula is C19H16. The van der Waals surface area contributed by atoms with Gasteiger partial charge < -0.3 is 0 Å². The fourth-order valence-corrected chi connectivity index (χ4v) is 2.25. The van der Waals surface area contributed by atoms with E-state index < -0.39 is 0 Å². The van der Waals surface area contributed by atoms with E-state index in [1.165, 1.54) is 16.3 Å². The van der Waals surface area contributed by atoms with Gasteiger partial charge in [0.1, 0.15) is 0 Å². The molecule has 2 aromatic rings. The Morgan fingerprint density at radius 2 is 1.58 bits per heavy atom. The molecule has 0 N–H and O–H groups in total. The van der Waals surface area contributed by atoms with Crippen LogP contribution in [0.25, 0.3) is 16.8 Å². The van der Waals surface area contributed by atoms with Crippen LogP contribution in [0, 0.1) is 5.92 Å². The molecule has 19 heavy (non-hydrogen) atoms. The lowest BCUT2D eigenvalue weighted by atomic mass is 10.1. The molecule has 0 unspecified atom stereocenters. The van der Waals surface area contributed by atoms with Gasteiger partial charge in [0.15, 0.2) is 0 Å². The molecule has 0 saturated carbocycles. The third-order valence-electron chi connectivity index (χ3n) is 3.28. The summed E-state index contributed by atoms with van der Waals surface area (Å²) in [5, 5.41) is 2.58. The Morgan fingerprint density at radius 3 is 2.42 bits per heavy atom. The summed E-state index contributed by atoms with van der Waals surface area (Å²) in [4.78, 5) is 0. The van der Waals surface area contributed by atoms with Crippen LogP contribution in [0.1, 0.15) is 5.56 Å². The number of hydrogen-bond acceptors (Lipinski definition) is 0. The molecule has 0 fully saturated rings. The molecule has 2 aromatic carbocycles. The van der Waals surface area contributed by atoms with Crippen molar-refractivity contribution in [3.63, 3.8) is 0 Å². The third kappa shape index (κ3) is 2.92. The lowest BCUT2D eigenvalue weighted by Gasteiger charge is -1.98. The fourth-order valence-electron chi connectivity index (χ4n) is 2.25. The predicted molar refractivity (Wildman–Crippen MR) is 83.9 cm³/mol. The van der Waals surface area contributed by atoms with Crippen LogP contribution in [-0.2, 0) is 0 Å². The summed E-state index contributed by atoms with van der Waals surface area (Å²) in [6.07, 6.45) is 17.1. The van der Waals surface area contributed by atoms with Crippen LogP contribution in [-0.4, -0.2) is 0 Å². The Balaban J connectivity index is 1.73. The number of rotatable bonds is 3. The second-order valence-corrected chi connectivity index (χ2v) is 4.70. The van der Waals surface area contributed by atoms with Gasteiger partial charge in [-0.05, 0) is 22.4 Å². The van der Waals surface area contributed by atoms with Crippen LogP contribution in [0.2, 0.25) is 0 Å². The number of allylic oxidation sites excluding steroid dienone is 7. The Labute approximate surface area is 114 Å². The zero-order valence-corrected chi connectivity index (χ0v) is 10.7. The van der Waals surface area contributed by atoms with E-state index in [0.29, 0.717) is 5.92 Å². The molecule has 0 aromatic heterocycles. The Bertz CT molecular complexity index is 672. The van der Waals surface area contributed by atoms with E-state index in [0.717, 1.165) is 0 Å². The lowest BCUT2D eigenvalue weighted by molar-refractivity contribution is 1.09. The predicted octanol–water partition coefficient (Wildman–Crippen LogP) is 5.15. The molecule has 0 saturated heterocycles. The largest absolute Gasteiger partial charge is 0.0738 e. The van der Waals surface area contributed by atoms with E-state index in [1.807, 2.05) is 0 Å². The van der Waals surface area contributed by atoms with E-state index in [1.54, 1.807) is 0 Å². The van der Waals surface area contributed by atoms with Gasteiger partial charge in [-0.3, -0.25) is 0 Å². The first-order valence-electron chi connectivity index (χ1n) is 6.60. The minimum Gasteiger partial charge on any atom is -0.0738 e. The summed E-state index contributed by atoms with van der Waals surface area (Å²) in [5.74, 6) is 0.459. The third-order valence-corrected chi connectivity index (χ3v) is 3.28. The standard InChI is InChI=1S/C19H16/c1-2-8-16(7-1)9-3-4-10-17-13-14-18-11-5-6-12-19(18)15-17/h1-16H/b9-3+,10-4+. The average Bonchev–Trinajstić information content (AvgIpc) is 2.97. The molecule has 0 heterocycles. The maximum Gasteiger partial charge on any atom is 0.0136 e. The first kappa shape index (κ1) is 11.7. The zero-order chi connectivity index (χ0) is 12.9. The molecular weight excluding hydrogens is 228 g/mol. The Hall–Kier alpha value is -2.34. The molecule has 0 heteroatoms. The maximum atomic E-state index is 2.22. The van der Waals surface area contributed by atoms with Gasteiger partial charge in [-0.1, -0.05) is 85.0 Å². The van der Waals surface area contributed by atoms with Crippen molar-refractivity contribution in [1.82, 2.24) is 0 Å². The van der Waals surface area contributed by atoms with Crippen LogP contribution >= 0.6 is 0 Å². The molecule has 1 aliphatic carbocycles. The monoisotopic (exact) mass is 244 g/mol. The van der Waals surface area contributed by atoms with Crippen molar-refractivity contribution in [2.75, 3.05) is 0 Å². The van der Waals surface area contributed by atoms with E-state index in [-0.39, 0.29) is 0 Å². The number of benzene rings is 2. The number of fused-ring (bicyclic) bond motifs is 1. The first-order chi connectivity index (χ1) is 9.42. The van der Waals surface area contributed by atoms with Gasteiger partial charge in [0, 0.05) is 5.92 Å². The summed E-state index contributed by atoms with van der Waals surface area (Å²) in [7, 11) is 0. The van der Waals surface area contributed by atoms with Crippen LogP contribution in [0.4, 0.5) is 0 Å². The Kier molecular flexibility index (Phi) is 3.42. The summed E-state index contributed by atoms with van der Waals surface area (Å²) in [5.41, 5.74) is 1.24. The minimum absolute atomic E-state index is 0.459. The van der Waals surface area contributed by atoms with Crippen LogP contribution in [0.3, 0.4) is 0 Å². The van der Waals surface area contributed by atoms with E-state index >= 15 is 0 Å². The van der Waals surface area contributed by atoms with Crippen molar-refractivity contribution in [3.8, 4) is 0 Å². The van der Waals surface area contributed by atoms with Crippen molar-refractivity contribution in [2.24, 2.45) is 5.92 Å². The Morgan fingerprint density at radius 1 is 0.789 bits per heavy atom. The summed E-state index contributed by atoms with van der Waals surface area (Å²) >= 11 is 0. The van der Waals surface area contributed by atoms with Crippen LogP contribution < -0.4 is 0 Å². The molecule has 0 amide bonds. The van der Waals surface area contributed by atoms with E-state index in [9.17, 15) is 0 Å². The quantitative estimate of drug-likeness (QED) is 0.655. The van der Waals surface area contributed by atoms with Crippen molar-refractivity contribution in [1.29, 1.82) is 0 Å². The first-order valence-corrected chi connectivity index (χ1v) is 6.60. The maximum absolute atomic E-state index is 2.22. The summed E-state index contributed by atoms with van der Waals surface area (Å²) in [6.45, 7) is 0. The highest BCUT2D eigenvalue weighted by Gasteiger charge is 1.95. The van der Waals surface area contributed by atoms with Crippen molar-refractivity contribution in [2.45, 2.75) is 0 Å². The molecule has 0 radical (unpaired) electrons. The smallest absolute Gasteiger partial charge is 0.0136 e. The van der Waals surface area contributed by atoms with Crippen molar-refractivity contribution < 1.29 is 0 Å². The van der Waals surface area contributed by atoms with Gasteiger partial charge in [-0.2, -0.15) is 0 Å². The molecule has 3 rings (SSSR count). The summed E-state index contributed by atoms with van der Waals surface area (Å²) in [6, 6.07) is 15.0. The van der Waals surface area contributed by atoms with Gasteiger partial charge in [0.25, 0.3) is 0 Å². The van der Waals surface area contributed by atoms with Gasteiger partial charge in [-0.25, -0.2) is 0 Å². The van der Waals surface area contributed by atoms with Crippen LogP contribution in [0.5, 0.6) is 0 Å². The van der Waals surface area contributed by atoms with Gasteiger partial charge >= 0.3 is 0 Å².